The highest BCUT2D eigenvalue weighted by molar-refractivity contribution is 5.96. The Balaban J connectivity index is 1.50. The normalized spacial score (nSPS) is 10.6. The largest absolute Gasteiger partial charge is 0.352 e. The van der Waals surface area contributed by atoms with Crippen LogP contribution in [0.25, 0.3) is 17.2 Å². The Morgan fingerprint density at radius 3 is 2.18 bits per heavy atom. The van der Waals surface area contributed by atoms with Gasteiger partial charge in [0.1, 0.15) is 0 Å². The van der Waals surface area contributed by atoms with Crippen LogP contribution in [0.15, 0.2) is 91.0 Å². The monoisotopic (exact) mass is 370 g/mol. The van der Waals surface area contributed by atoms with Crippen molar-refractivity contribution in [3.63, 3.8) is 0 Å². The minimum Gasteiger partial charge on any atom is -0.352 e. The second-order valence-electron chi connectivity index (χ2n) is 6.24. The van der Waals surface area contributed by atoms with Gasteiger partial charge in [-0.25, -0.2) is 0 Å². The first-order valence-corrected chi connectivity index (χ1v) is 9.17. The number of hydrogen-bond acceptors (Lipinski definition) is 2. The number of para-hydroxylation sites is 1. The molecule has 3 rings (SSSR count). The topological polar surface area (TPSA) is 58.2 Å². The molecule has 0 fully saturated rings. The summed E-state index contributed by atoms with van der Waals surface area (Å²) in [6.07, 6.45) is 3.41. The third kappa shape index (κ3) is 5.68. The quantitative estimate of drug-likeness (QED) is 0.601. The highest BCUT2D eigenvalue weighted by Crippen LogP contribution is 2.27. The number of carbonyl (C=O) groups excluding carboxylic acids is 2. The summed E-state index contributed by atoms with van der Waals surface area (Å²) >= 11 is 0. The molecule has 3 aromatic carbocycles. The molecule has 0 aromatic heterocycles. The van der Waals surface area contributed by atoms with E-state index in [-0.39, 0.29) is 24.8 Å². The molecule has 0 atom stereocenters. The maximum absolute atomic E-state index is 12.3. The highest BCUT2D eigenvalue weighted by atomic mass is 16.2. The first-order valence-electron chi connectivity index (χ1n) is 9.17. The van der Waals surface area contributed by atoms with E-state index in [1.165, 1.54) is 6.08 Å². The third-order valence-electron chi connectivity index (χ3n) is 4.16. The lowest BCUT2D eigenvalue weighted by molar-refractivity contribution is -0.117. The summed E-state index contributed by atoms with van der Waals surface area (Å²) in [4.78, 5) is 24.1. The smallest absolute Gasteiger partial charge is 0.244 e. The van der Waals surface area contributed by atoms with E-state index in [9.17, 15) is 9.59 Å². The zero-order valence-corrected chi connectivity index (χ0v) is 15.5. The molecule has 0 spiro atoms. The van der Waals surface area contributed by atoms with Gasteiger partial charge in [0.25, 0.3) is 0 Å². The summed E-state index contributed by atoms with van der Waals surface area (Å²) in [7, 11) is 0. The highest BCUT2D eigenvalue weighted by Gasteiger charge is 2.08. The third-order valence-corrected chi connectivity index (χ3v) is 4.16. The number of nitrogens with one attached hydrogen (secondary N) is 2. The van der Waals surface area contributed by atoms with Crippen LogP contribution in [0.1, 0.15) is 12.0 Å². The summed E-state index contributed by atoms with van der Waals surface area (Å²) in [6.45, 7) is 0.275. The lowest BCUT2D eigenvalue weighted by Crippen LogP contribution is -2.26. The number of benzene rings is 3. The van der Waals surface area contributed by atoms with Crippen LogP contribution >= 0.6 is 0 Å². The standard InChI is InChI=1S/C24H22N2O2/c27-23(16-15-19-9-3-1-4-10-19)25-18-17-24(28)26-22-14-8-7-13-21(22)20-11-5-2-6-12-20/h1-16H,17-18H2,(H,25,27)(H,26,28)/b16-15+. The predicted octanol–water partition coefficient (Wildman–Crippen LogP) is 4.51. The number of carbonyl (C=O) groups is 2. The average Bonchev–Trinajstić information content (AvgIpc) is 2.74. The van der Waals surface area contributed by atoms with Crippen molar-refractivity contribution in [3.8, 4) is 11.1 Å². The van der Waals surface area contributed by atoms with Gasteiger partial charge < -0.3 is 10.6 Å². The first kappa shape index (κ1) is 19.1. The van der Waals surface area contributed by atoms with Gasteiger partial charge in [-0.3, -0.25) is 9.59 Å². The fourth-order valence-electron chi connectivity index (χ4n) is 2.77. The Kier molecular flexibility index (Phi) is 6.74. The van der Waals surface area contributed by atoms with E-state index >= 15 is 0 Å². The molecular weight excluding hydrogens is 348 g/mol. The van der Waals surface area contributed by atoms with Gasteiger partial charge in [0.15, 0.2) is 0 Å². The fraction of sp³-hybridized carbons (Fsp3) is 0.0833. The molecule has 28 heavy (non-hydrogen) atoms. The van der Waals surface area contributed by atoms with E-state index in [0.29, 0.717) is 0 Å². The summed E-state index contributed by atoms with van der Waals surface area (Å²) in [5, 5.41) is 5.66. The molecule has 0 heterocycles. The zero-order valence-electron chi connectivity index (χ0n) is 15.5. The van der Waals surface area contributed by atoms with Crippen LogP contribution in [0, 0.1) is 0 Å². The molecule has 4 heteroatoms. The van der Waals surface area contributed by atoms with Crippen molar-refractivity contribution in [2.75, 3.05) is 11.9 Å². The van der Waals surface area contributed by atoms with Crippen LogP contribution in [-0.2, 0) is 9.59 Å². The van der Waals surface area contributed by atoms with Gasteiger partial charge in [-0.1, -0.05) is 78.9 Å². The molecule has 140 valence electrons. The molecule has 0 saturated heterocycles. The molecule has 0 aliphatic rings. The zero-order chi connectivity index (χ0) is 19.6. The first-order chi connectivity index (χ1) is 13.7. The number of hydrogen-bond donors (Lipinski definition) is 2. The second-order valence-corrected chi connectivity index (χ2v) is 6.24. The number of anilines is 1. The number of rotatable bonds is 7. The Bertz CT molecular complexity index is 951. The number of amides is 2. The van der Waals surface area contributed by atoms with Crippen LogP contribution in [0.3, 0.4) is 0 Å². The van der Waals surface area contributed by atoms with Gasteiger partial charge in [0.05, 0.1) is 0 Å². The van der Waals surface area contributed by atoms with Crippen molar-refractivity contribution in [1.29, 1.82) is 0 Å². The van der Waals surface area contributed by atoms with Crippen molar-refractivity contribution in [2.24, 2.45) is 0 Å². The second kappa shape index (κ2) is 9.88. The van der Waals surface area contributed by atoms with Gasteiger partial charge in [-0.05, 0) is 23.3 Å². The maximum Gasteiger partial charge on any atom is 0.244 e. The van der Waals surface area contributed by atoms with Crippen LogP contribution in [0.5, 0.6) is 0 Å². The molecule has 0 bridgehead atoms. The average molecular weight is 370 g/mol. The Morgan fingerprint density at radius 2 is 1.43 bits per heavy atom. The molecule has 0 unspecified atom stereocenters. The van der Waals surface area contributed by atoms with E-state index < -0.39 is 0 Å². The van der Waals surface area contributed by atoms with Crippen molar-refractivity contribution < 1.29 is 9.59 Å². The lowest BCUT2D eigenvalue weighted by Gasteiger charge is -2.11. The SMILES string of the molecule is O=C(/C=C/c1ccccc1)NCCC(=O)Nc1ccccc1-c1ccccc1. The Labute approximate surface area is 164 Å². The molecule has 0 saturated carbocycles. The van der Waals surface area contributed by atoms with Crippen molar-refractivity contribution in [3.05, 3.63) is 96.6 Å². The Hall–Kier alpha value is -3.66. The van der Waals surface area contributed by atoms with Crippen molar-refractivity contribution in [1.82, 2.24) is 5.32 Å². The predicted molar refractivity (Wildman–Crippen MR) is 114 cm³/mol. The van der Waals surface area contributed by atoms with Crippen molar-refractivity contribution in [2.45, 2.75) is 6.42 Å². The van der Waals surface area contributed by atoms with Crippen LogP contribution in [-0.4, -0.2) is 18.4 Å². The van der Waals surface area contributed by atoms with Crippen molar-refractivity contribution >= 4 is 23.6 Å². The van der Waals surface area contributed by atoms with E-state index in [1.54, 1.807) is 6.08 Å². The van der Waals surface area contributed by atoms with E-state index in [2.05, 4.69) is 10.6 Å². The molecular formula is C24H22N2O2. The molecule has 2 amide bonds. The van der Waals surface area contributed by atoms with E-state index in [1.807, 2.05) is 84.9 Å². The van der Waals surface area contributed by atoms with E-state index in [4.69, 9.17) is 0 Å². The van der Waals surface area contributed by atoms with Gasteiger partial charge in [0, 0.05) is 30.3 Å². The summed E-state index contributed by atoms with van der Waals surface area (Å²) in [5.74, 6) is -0.364. The molecule has 0 aliphatic heterocycles. The van der Waals surface area contributed by atoms with Crippen LogP contribution in [0.2, 0.25) is 0 Å². The maximum atomic E-state index is 12.3. The van der Waals surface area contributed by atoms with Gasteiger partial charge in [-0.2, -0.15) is 0 Å². The van der Waals surface area contributed by atoms with Crippen LogP contribution < -0.4 is 10.6 Å². The Morgan fingerprint density at radius 1 is 0.786 bits per heavy atom. The minimum atomic E-state index is -0.221. The lowest BCUT2D eigenvalue weighted by atomic mass is 10.0. The summed E-state index contributed by atoms with van der Waals surface area (Å²) < 4.78 is 0. The summed E-state index contributed by atoms with van der Waals surface area (Å²) in [6, 6.07) is 27.2. The molecule has 0 aliphatic carbocycles. The molecule has 4 nitrogen and oxygen atoms in total. The van der Waals surface area contributed by atoms with E-state index in [0.717, 1.165) is 22.4 Å². The van der Waals surface area contributed by atoms with Gasteiger partial charge >= 0.3 is 0 Å². The molecule has 2 N–H and O–H groups in total. The minimum absolute atomic E-state index is 0.143. The van der Waals surface area contributed by atoms with Crippen LogP contribution in [0.4, 0.5) is 5.69 Å². The fourth-order valence-corrected chi connectivity index (χ4v) is 2.77. The molecule has 3 aromatic rings. The van der Waals surface area contributed by atoms with Gasteiger partial charge in [-0.15, -0.1) is 0 Å². The molecule has 0 radical (unpaired) electrons. The summed E-state index contributed by atoms with van der Waals surface area (Å²) in [5.41, 5.74) is 3.71. The van der Waals surface area contributed by atoms with Gasteiger partial charge in [0.2, 0.25) is 11.8 Å².